The number of halogens is 1. The molecule has 178 valence electrons. The zero-order valence-electron chi connectivity index (χ0n) is 18.9. The van der Waals surface area contributed by atoms with Crippen molar-refractivity contribution in [2.75, 3.05) is 19.7 Å². The monoisotopic (exact) mass is 465 g/mol. The molecule has 1 atom stereocenters. The van der Waals surface area contributed by atoms with Crippen molar-refractivity contribution in [1.82, 2.24) is 25.2 Å². The van der Waals surface area contributed by atoms with Crippen molar-refractivity contribution in [2.24, 2.45) is 0 Å². The number of hydrogen-bond donors (Lipinski definition) is 1. The van der Waals surface area contributed by atoms with Crippen LogP contribution in [-0.4, -0.2) is 51.5 Å². The number of piperidine rings is 1. The molecular formula is C25H28FN5O3. The molecule has 2 aliphatic heterocycles. The van der Waals surface area contributed by atoms with Crippen molar-refractivity contribution in [3.63, 3.8) is 0 Å². The van der Waals surface area contributed by atoms with Crippen molar-refractivity contribution in [3.8, 4) is 5.75 Å². The van der Waals surface area contributed by atoms with E-state index in [2.05, 4.69) is 20.5 Å². The topological polar surface area (TPSA) is 81.5 Å². The minimum atomic E-state index is -0.257. The summed E-state index contributed by atoms with van der Waals surface area (Å²) in [5.74, 6) is 0.340. The average molecular weight is 466 g/mol. The first-order valence-corrected chi connectivity index (χ1v) is 11.6. The molecule has 1 fully saturated rings. The highest BCUT2D eigenvalue weighted by atomic mass is 19.1. The molecule has 3 heterocycles. The van der Waals surface area contributed by atoms with E-state index in [1.54, 1.807) is 12.1 Å². The van der Waals surface area contributed by atoms with E-state index >= 15 is 0 Å². The Morgan fingerprint density at radius 1 is 1.12 bits per heavy atom. The summed E-state index contributed by atoms with van der Waals surface area (Å²) in [5, 5.41) is 11.8. The predicted octanol–water partition coefficient (Wildman–Crippen LogP) is 2.85. The van der Waals surface area contributed by atoms with Crippen LogP contribution in [0.5, 0.6) is 5.75 Å². The van der Waals surface area contributed by atoms with E-state index in [1.165, 1.54) is 12.1 Å². The van der Waals surface area contributed by atoms with Gasteiger partial charge in [-0.2, -0.15) is 0 Å². The second-order valence-electron chi connectivity index (χ2n) is 8.74. The summed E-state index contributed by atoms with van der Waals surface area (Å²) < 4.78 is 26.7. The molecule has 0 bridgehead atoms. The van der Waals surface area contributed by atoms with Crippen LogP contribution in [0, 0.1) is 5.82 Å². The zero-order valence-corrected chi connectivity index (χ0v) is 18.9. The van der Waals surface area contributed by atoms with Crippen molar-refractivity contribution in [3.05, 3.63) is 77.4 Å². The molecule has 1 amide bonds. The molecule has 8 nitrogen and oxygen atoms in total. The van der Waals surface area contributed by atoms with Crippen LogP contribution in [0.3, 0.4) is 0 Å². The van der Waals surface area contributed by atoms with Gasteiger partial charge in [0, 0.05) is 25.7 Å². The molecule has 1 N–H and O–H groups in total. The highest BCUT2D eigenvalue weighted by Gasteiger charge is 2.27. The first-order valence-electron chi connectivity index (χ1n) is 11.6. The molecular weight excluding hydrogens is 437 g/mol. The van der Waals surface area contributed by atoms with Gasteiger partial charge in [-0.1, -0.05) is 35.5 Å². The number of aromatic nitrogens is 3. The van der Waals surface area contributed by atoms with E-state index < -0.39 is 0 Å². The molecule has 1 aromatic heterocycles. The molecule has 1 saturated heterocycles. The quantitative estimate of drug-likeness (QED) is 0.578. The lowest BCUT2D eigenvalue weighted by atomic mass is 10.0. The summed E-state index contributed by atoms with van der Waals surface area (Å²) >= 11 is 0. The molecule has 9 heteroatoms. The van der Waals surface area contributed by atoms with E-state index in [0.29, 0.717) is 25.4 Å². The van der Waals surface area contributed by atoms with Gasteiger partial charge in [0.05, 0.1) is 18.8 Å². The van der Waals surface area contributed by atoms with Crippen molar-refractivity contribution < 1.29 is 18.7 Å². The summed E-state index contributed by atoms with van der Waals surface area (Å²) in [4.78, 5) is 14.6. The van der Waals surface area contributed by atoms with Crippen molar-refractivity contribution >= 4 is 5.91 Å². The fraction of sp³-hybridized carbons (Fsp3) is 0.400. The number of hydrogen-bond acceptors (Lipinski definition) is 6. The van der Waals surface area contributed by atoms with Crippen LogP contribution < -0.4 is 10.1 Å². The second-order valence-corrected chi connectivity index (χ2v) is 8.74. The average Bonchev–Trinajstić information content (AvgIpc) is 3.27. The van der Waals surface area contributed by atoms with Gasteiger partial charge in [-0.25, -0.2) is 9.07 Å². The number of nitrogens with one attached hydrogen (secondary N) is 1. The maximum atomic E-state index is 13.2. The maximum Gasteiger partial charge on any atom is 0.258 e. The number of rotatable bonds is 7. The van der Waals surface area contributed by atoms with E-state index in [4.69, 9.17) is 9.47 Å². The third kappa shape index (κ3) is 5.43. The number of fused-ring (bicyclic) bond motifs is 1. The molecule has 0 aliphatic carbocycles. The Bertz CT molecular complexity index is 1100. The molecule has 0 spiro atoms. The molecule has 0 unspecified atom stereocenters. The fourth-order valence-corrected chi connectivity index (χ4v) is 4.45. The van der Waals surface area contributed by atoms with Gasteiger partial charge in [0.2, 0.25) is 0 Å². The number of nitrogens with zero attached hydrogens (tertiary/aromatic N) is 4. The van der Waals surface area contributed by atoms with Crippen LogP contribution in [0.15, 0.2) is 54.6 Å². The van der Waals surface area contributed by atoms with Gasteiger partial charge in [-0.15, -0.1) is 5.10 Å². The lowest BCUT2D eigenvalue weighted by Gasteiger charge is -2.32. The zero-order chi connectivity index (χ0) is 23.3. The predicted molar refractivity (Wildman–Crippen MR) is 122 cm³/mol. The fourth-order valence-electron chi connectivity index (χ4n) is 4.45. The summed E-state index contributed by atoms with van der Waals surface area (Å²) in [6.45, 7) is 3.46. The Kier molecular flexibility index (Phi) is 6.82. The Hall–Kier alpha value is -3.30. The molecule has 3 aromatic rings. The van der Waals surface area contributed by atoms with Crippen molar-refractivity contribution in [2.45, 2.75) is 44.7 Å². The van der Waals surface area contributed by atoms with Gasteiger partial charge in [0.15, 0.2) is 6.61 Å². The van der Waals surface area contributed by atoms with Crippen molar-refractivity contribution in [1.29, 1.82) is 0 Å². The van der Waals surface area contributed by atoms with Crippen LogP contribution in [0.1, 0.15) is 35.9 Å². The molecule has 5 rings (SSSR count). The SMILES string of the molecule is O=C(COc1ccccc1)NC1CCN(Cc2nnn3c2CO[C@H](c2ccc(F)cc2)C3)CC1. The third-order valence-corrected chi connectivity index (χ3v) is 6.36. The van der Waals surface area contributed by atoms with Crippen LogP contribution in [0.2, 0.25) is 0 Å². The first kappa shape index (κ1) is 22.5. The van der Waals surface area contributed by atoms with E-state index in [-0.39, 0.29) is 30.5 Å². The largest absolute Gasteiger partial charge is 0.484 e. The number of carbonyl (C=O) groups excluding carboxylic acids is 1. The minimum absolute atomic E-state index is 0.0234. The van der Waals surface area contributed by atoms with Gasteiger partial charge in [0.25, 0.3) is 5.91 Å². The Morgan fingerprint density at radius 2 is 1.88 bits per heavy atom. The lowest BCUT2D eigenvalue weighted by molar-refractivity contribution is -0.124. The van der Waals surface area contributed by atoms with Gasteiger partial charge in [0.1, 0.15) is 23.4 Å². The number of para-hydroxylation sites is 1. The lowest BCUT2D eigenvalue weighted by Crippen LogP contribution is -2.45. The molecule has 0 saturated carbocycles. The standard InChI is InChI=1S/C25H28FN5O3/c26-19-8-6-18(7-9-19)24-15-31-23(16-34-24)22(28-29-31)14-30-12-10-20(11-13-30)27-25(32)17-33-21-4-2-1-3-5-21/h1-9,20,24H,10-17H2,(H,27,32)/t24-/m0/s1. The Labute approximate surface area is 197 Å². The summed E-state index contributed by atoms with van der Waals surface area (Å²) in [5.41, 5.74) is 2.85. The third-order valence-electron chi connectivity index (χ3n) is 6.36. The smallest absolute Gasteiger partial charge is 0.258 e. The van der Waals surface area contributed by atoms with E-state index in [9.17, 15) is 9.18 Å². The van der Waals surface area contributed by atoms with Gasteiger partial charge in [-0.05, 0) is 42.7 Å². The maximum absolute atomic E-state index is 13.2. The molecule has 34 heavy (non-hydrogen) atoms. The van der Waals surface area contributed by atoms with Gasteiger partial charge < -0.3 is 14.8 Å². The number of ether oxygens (including phenoxy) is 2. The summed E-state index contributed by atoms with van der Waals surface area (Å²) in [7, 11) is 0. The highest BCUT2D eigenvalue weighted by molar-refractivity contribution is 5.77. The number of carbonyl (C=O) groups is 1. The number of amides is 1. The number of likely N-dealkylation sites (tertiary alicyclic amines) is 1. The Morgan fingerprint density at radius 3 is 2.65 bits per heavy atom. The summed E-state index contributed by atoms with van der Waals surface area (Å²) in [6, 6.07) is 15.9. The van der Waals surface area contributed by atoms with Gasteiger partial charge in [-0.3, -0.25) is 9.69 Å². The molecule has 2 aliphatic rings. The van der Waals surface area contributed by atoms with Crippen LogP contribution in [0.4, 0.5) is 4.39 Å². The first-order chi connectivity index (χ1) is 16.6. The molecule has 2 aromatic carbocycles. The highest BCUT2D eigenvalue weighted by Crippen LogP contribution is 2.27. The van der Waals surface area contributed by atoms with Crippen LogP contribution >= 0.6 is 0 Å². The Balaban J connectivity index is 1.08. The summed E-state index contributed by atoms with van der Waals surface area (Å²) in [6.07, 6.45) is 1.60. The van der Waals surface area contributed by atoms with E-state index in [0.717, 1.165) is 42.9 Å². The van der Waals surface area contributed by atoms with E-state index in [1.807, 2.05) is 35.0 Å². The normalized spacial score (nSPS) is 18.9. The second kappa shape index (κ2) is 10.3. The van der Waals surface area contributed by atoms with Crippen LogP contribution in [-0.2, 0) is 29.2 Å². The number of benzene rings is 2. The minimum Gasteiger partial charge on any atom is -0.484 e. The van der Waals surface area contributed by atoms with Gasteiger partial charge >= 0.3 is 0 Å². The molecule has 0 radical (unpaired) electrons. The van der Waals surface area contributed by atoms with Crippen LogP contribution in [0.25, 0.3) is 0 Å².